The quantitative estimate of drug-likeness (QED) is 0.708. The van der Waals surface area contributed by atoms with Crippen LogP contribution in [0, 0.1) is 5.92 Å². The van der Waals surface area contributed by atoms with Crippen molar-refractivity contribution in [3.63, 3.8) is 0 Å². The summed E-state index contributed by atoms with van der Waals surface area (Å²) in [5.41, 5.74) is 1.26. The van der Waals surface area contributed by atoms with Crippen LogP contribution in [0.4, 0.5) is 0 Å². The Morgan fingerprint density at radius 2 is 1.93 bits per heavy atom. The summed E-state index contributed by atoms with van der Waals surface area (Å²) in [6, 6.07) is 0. The van der Waals surface area contributed by atoms with Crippen LogP contribution in [-0.2, 0) is 9.84 Å². The van der Waals surface area contributed by atoms with Gasteiger partial charge in [-0.2, -0.15) is 0 Å². The molecule has 0 amide bonds. The highest BCUT2D eigenvalue weighted by Gasteiger charge is 2.25. The van der Waals surface area contributed by atoms with Crippen LogP contribution in [0.5, 0.6) is 0 Å². The van der Waals surface area contributed by atoms with E-state index in [1.54, 1.807) is 19.9 Å². The lowest BCUT2D eigenvalue weighted by Crippen LogP contribution is -2.19. The van der Waals surface area contributed by atoms with E-state index in [4.69, 9.17) is 0 Å². The largest absolute Gasteiger partial charge is 0.224 e. The third-order valence-electron chi connectivity index (χ3n) is 2.80. The Labute approximate surface area is 86.6 Å². The lowest BCUT2D eigenvalue weighted by atomic mass is 9.95. The summed E-state index contributed by atoms with van der Waals surface area (Å²) in [6.07, 6.45) is 4.33. The predicted octanol–water partition coefficient (Wildman–Crippen LogP) is 2.68. The Kier molecular flexibility index (Phi) is 3.20. The van der Waals surface area contributed by atoms with E-state index in [2.05, 4.69) is 6.92 Å². The molecule has 1 aliphatic carbocycles. The first-order valence-corrected chi connectivity index (χ1v) is 6.51. The highest BCUT2D eigenvalue weighted by atomic mass is 32.2. The Hall–Kier alpha value is -0.570. The minimum absolute atomic E-state index is 0.312. The molecule has 80 valence electrons. The zero-order valence-electron chi connectivity index (χ0n) is 9.24. The average molecular weight is 214 g/mol. The van der Waals surface area contributed by atoms with Gasteiger partial charge in [0.05, 0.1) is 5.25 Å². The highest BCUT2D eigenvalue weighted by molar-refractivity contribution is 7.95. The fourth-order valence-corrected chi connectivity index (χ4v) is 2.78. The molecule has 14 heavy (non-hydrogen) atoms. The van der Waals surface area contributed by atoms with Gasteiger partial charge in [0.25, 0.3) is 0 Å². The topological polar surface area (TPSA) is 34.1 Å². The van der Waals surface area contributed by atoms with Crippen LogP contribution in [0.3, 0.4) is 0 Å². The molecule has 2 nitrogen and oxygen atoms in total. The van der Waals surface area contributed by atoms with Crippen LogP contribution in [0.15, 0.2) is 22.6 Å². The third-order valence-corrected chi connectivity index (χ3v) is 5.08. The fourth-order valence-electron chi connectivity index (χ4n) is 1.43. The van der Waals surface area contributed by atoms with Gasteiger partial charge < -0.3 is 0 Å². The van der Waals surface area contributed by atoms with Gasteiger partial charge in [0.1, 0.15) is 0 Å². The van der Waals surface area contributed by atoms with E-state index in [1.165, 1.54) is 5.57 Å². The fraction of sp³-hybridized carbons (Fsp3) is 0.636. The molecule has 0 aromatic heterocycles. The molecule has 0 aromatic rings. The molecule has 0 saturated heterocycles. The maximum absolute atomic E-state index is 11.8. The van der Waals surface area contributed by atoms with Gasteiger partial charge in [0.2, 0.25) is 0 Å². The summed E-state index contributed by atoms with van der Waals surface area (Å²) >= 11 is 0. The molecular formula is C11H18O2S. The molecule has 0 spiro atoms. The van der Waals surface area contributed by atoms with E-state index < -0.39 is 9.84 Å². The van der Waals surface area contributed by atoms with Crippen molar-refractivity contribution in [3.05, 3.63) is 22.6 Å². The van der Waals surface area contributed by atoms with E-state index >= 15 is 0 Å². The maximum Gasteiger partial charge on any atom is 0.176 e. The number of allylic oxidation sites excluding steroid dienone is 4. The van der Waals surface area contributed by atoms with Gasteiger partial charge in [0, 0.05) is 4.91 Å². The minimum atomic E-state index is -3.04. The Morgan fingerprint density at radius 3 is 2.36 bits per heavy atom. The Morgan fingerprint density at radius 1 is 1.36 bits per heavy atom. The van der Waals surface area contributed by atoms with E-state index in [0.29, 0.717) is 17.2 Å². The zero-order chi connectivity index (χ0) is 10.9. The van der Waals surface area contributed by atoms with E-state index in [9.17, 15) is 8.42 Å². The second-order valence-corrected chi connectivity index (χ2v) is 6.80. The van der Waals surface area contributed by atoms with Crippen LogP contribution in [0.25, 0.3) is 0 Å². The van der Waals surface area contributed by atoms with Crippen molar-refractivity contribution in [1.82, 2.24) is 0 Å². The summed E-state index contributed by atoms with van der Waals surface area (Å²) in [4.78, 5) is 0.589. The maximum atomic E-state index is 11.8. The van der Waals surface area contributed by atoms with Crippen LogP contribution in [0.2, 0.25) is 0 Å². The first kappa shape index (κ1) is 11.5. The van der Waals surface area contributed by atoms with Crippen molar-refractivity contribution < 1.29 is 8.42 Å². The van der Waals surface area contributed by atoms with E-state index in [0.717, 1.165) is 0 Å². The number of sulfone groups is 1. The molecular weight excluding hydrogens is 196 g/mol. The SMILES string of the molecule is CC1=CC=C(S(=O)(=O)C(C)C)CC1C. The van der Waals surface area contributed by atoms with Gasteiger partial charge in [-0.25, -0.2) is 8.42 Å². The summed E-state index contributed by atoms with van der Waals surface area (Å²) in [5, 5.41) is -0.312. The normalized spacial score (nSPS) is 23.4. The summed E-state index contributed by atoms with van der Waals surface area (Å²) in [5.74, 6) is 0.350. The number of rotatable bonds is 2. The number of hydrogen-bond donors (Lipinski definition) is 0. The second-order valence-electron chi connectivity index (χ2n) is 4.24. The molecule has 1 atom stereocenters. The predicted molar refractivity (Wildman–Crippen MR) is 59.7 cm³/mol. The molecule has 0 radical (unpaired) electrons. The summed E-state index contributed by atoms with van der Waals surface area (Å²) in [6.45, 7) is 7.56. The smallest absolute Gasteiger partial charge is 0.176 e. The van der Waals surface area contributed by atoms with Gasteiger partial charge in [-0.1, -0.05) is 18.6 Å². The molecule has 3 heteroatoms. The van der Waals surface area contributed by atoms with Crippen LogP contribution in [0.1, 0.15) is 34.1 Å². The second kappa shape index (κ2) is 3.89. The van der Waals surface area contributed by atoms with Crippen molar-refractivity contribution in [1.29, 1.82) is 0 Å². The first-order chi connectivity index (χ1) is 6.35. The molecule has 1 aliphatic rings. The molecule has 0 N–H and O–H groups in total. The molecule has 0 fully saturated rings. The molecule has 0 aromatic carbocycles. The lowest BCUT2D eigenvalue weighted by Gasteiger charge is -2.20. The molecule has 0 heterocycles. The molecule has 0 aliphatic heterocycles. The van der Waals surface area contributed by atoms with Crippen LogP contribution in [-0.4, -0.2) is 13.7 Å². The zero-order valence-corrected chi connectivity index (χ0v) is 10.1. The standard InChI is InChI=1S/C11H18O2S/c1-8(2)14(12,13)11-6-5-9(3)10(4)7-11/h5-6,8,10H,7H2,1-4H3. The number of hydrogen-bond acceptors (Lipinski definition) is 2. The van der Waals surface area contributed by atoms with Crippen molar-refractivity contribution >= 4 is 9.84 Å². The monoisotopic (exact) mass is 214 g/mol. The van der Waals surface area contributed by atoms with Gasteiger partial charge in [-0.05, 0) is 39.2 Å². The van der Waals surface area contributed by atoms with Gasteiger partial charge in [-0.3, -0.25) is 0 Å². The Bertz CT molecular complexity index is 372. The van der Waals surface area contributed by atoms with Gasteiger partial charge in [-0.15, -0.1) is 0 Å². The highest BCUT2D eigenvalue weighted by Crippen LogP contribution is 2.29. The molecule has 0 bridgehead atoms. The first-order valence-electron chi connectivity index (χ1n) is 4.97. The lowest BCUT2D eigenvalue weighted by molar-refractivity contribution is 0.584. The molecule has 0 saturated carbocycles. The minimum Gasteiger partial charge on any atom is -0.224 e. The van der Waals surface area contributed by atoms with Crippen molar-refractivity contribution in [2.75, 3.05) is 0 Å². The van der Waals surface area contributed by atoms with E-state index in [-0.39, 0.29) is 5.25 Å². The molecule has 1 rings (SSSR count). The van der Waals surface area contributed by atoms with Crippen molar-refractivity contribution in [2.45, 2.75) is 39.4 Å². The third kappa shape index (κ3) is 2.08. The van der Waals surface area contributed by atoms with Gasteiger partial charge in [0.15, 0.2) is 9.84 Å². The summed E-state index contributed by atoms with van der Waals surface area (Å²) in [7, 11) is -3.04. The average Bonchev–Trinajstić information content (AvgIpc) is 2.09. The van der Waals surface area contributed by atoms with Crippen LogP contribution >= 0.6 is 0 Å². The Balaban J connectivity index is 3.04. The summed E-state index contributed by atoms with van der Waals surface area (Å²) < 4.78 is 23.7. The molecule has 1 unspecified atom stereocenters. The van der Waals surface area contributed by atoms with Crippen molar-refractivity contribution in [2.24, 2.45) is 5.92 Å². The van der Waals surface area contributed by atoms with Gasteiger partial charge >= 0.3 is 0 Å². The van der Waals surface area contributed by atoms with E-state index in [1.807, 2.05) is 13.0 Å². The van der Waals surface area contributed by atoms with Crippen molar-refractivity contribution in [3.8, 4) is 0 Å². The van der Waals surface area contributed by atoms with Crippen LogP contribution < -0.4 is 0 Å².